The third kappa shape index (κ3) is 4.93. The van der Waals surface area contributed by atoms with Gasteiger partial charge in [0.2, 0.25) is 15.9 Å². The summed E-state index contributed by atoms with van der Waals surface area (Å²) in [5.74, 6) is -0.786. The predicted octanol–water partition coefficient (Wildman–Crippen LogP) is 0.238. The van der Waals surface area contributed by atoms with Crippen molar-refractivity contribution in [1.82, 2.24) is 9.62 Å². The molecule has 0 fully saturated rings. The minimum Gasteiger partial charge on any atom is -0.495 e. The molecular weight excluding hydrogens is 324 g/mol. The average molecular weight is 344 g/mol. The van der Waals surface area contributed by atoms with Crippen LogP contribution in [0.1, 0.15) is 17.3 Å². The third-order valence-corrected chi connectivity index (χ3v) is 4.70. The number of sulfonamides is 1. The van der Waals surface area contributed by atoms with E-state index in [9.17, 15) is 18.0 Å². The van der Waals surface area contributed by atoms with Crippen LogP contribution in [0, 0.1) is 0 Å². The van der Waals surface area contributed by atoms with Crippen molar-refractivity contribution >= 4 is 21.9 Å². The SMILES string of the molecule is COc1ccc(C(=O)OCCNC(C)=O)cc1S(=O)(=O)N(C)C. The molecule has 1 aromatic rings. The van der Waals surface area contributed by atoms with Gasteiger partial charge in [-0.25, -0.2) is 17.5 Å². The summed E-state index contributed by atoms with van der Waals surface area (Å²) in [6.07, 6.45) is 0. The minimum atomic E-state index is -3.77. The van der Waals surface area contributed by atoms with E-state index in [0.29, 0.717) is 0 Å². The van der Waals surface area contributed by atoms with Crippen molar-refractivity contribution in [2.24, 2.45) is 0 Å². The predicted molar refractivity (Wildman–Crippen MR) is 82.8 cm³/mol. The fourth-order valence-electron chi connectivity index (χ4n) is 1.66. The Kier molecular flexibility index (Phi) is 6.52. The van der Waals surface area contributed by atoms with Crippen LogP contribution in [0.25, 0.3) is 0 Å². The van der Waals surface area contributed by atoms with Gasteiger partial charge < -0.3 is 14.8 Å². The molecule has 9 heteroatoms. The molecule has 0 spiro atoms. The van der Waals surface area contributed by atoms with Crippen molar-refractivity contribution in [2.75, 3.05) is 34.4 Å². The molecule has 0 saturated heterocycles. The molecule has 1 rings (SSSR count). The highest BCUT2D eigenvalue weighted by molar-refractivity contribution is 7.89. The van der Waals surface area contributed by atoms with Crippen LogP contribution in [0.15, 0.2) is 23.1 Å². The molecule has 0 saturated carbocycles. The fourth-order valence-corrected chi connectivity index (χ4v) is 2.73. The highest BCUT2D eigenvalue weighted by Crippen LogP contribution is 2.27. The summed E-state index contributed by atoms with van der Waals surface area (Å²) < 4.78 is 35.6. The van der Waals surface area contributed by atoms with Crippen molar-refractivity contribution in [3.8, 4) is 5.75 Å². The maximum absolute atomic E-state index is 12.3. The van der Waals surface area contributed by atoms with Gasteiger partial charge in [0.25, 0.3) is 0 Å². The lowest BCUT2D eigenvalue weighted by atomic mass is 10.2. The van der Waals surface area contributed by atoms with E-state index in [2.05, 4.69) is 5.32 Å². The van der Waals surface area contributed by atoms with Crippen LogP contribution in [-0.4, -0.2) is 59.0 Å². The Morgan fingerprint density at radius 1 is 1.26 bits per heavy atom. The molecule has 0 heterocycles. The molecule has 1 aromatic carbocycles. The number of amides is 1. The molecular formula is C14H20N2O6S. The molecule has 0 aliphatic heterocycles. The zero-order chi connectivity index (χ0) is 17.6. The van der Waals surface area contributed by atoms with Gasteiger partial charge in [-0.05, 0) is 18.2 Å². The number of esters is 1. The molecule has 23 heavy (non-hydrogen) atoms. The van der Waals surface area contributed by atoms with E-state index in [1.807, 2.05) is 0 Å². The largest absolute Gasteiger partial charge is 0.495 e. The first kappa shape index (κ1) is 18.9. The van der Waals surface area contributed by atoms with Crippen LogP contribution in [0.4, 0.5) is 0 Å². The zero-order valence-electron chi connectivity index (χ0n) is 13.5. The molecule has 1 amide bonds. The number of benzene rings is 1. The Morgan fingerprint density at radius 3 is 2.43 bits per heavy atom. The van der Waals surface area contributed by atoms with E-state index in [-0.39, 0.29) is 35.3 Å². The van der Waals surface area contributed by atoms with Gasteiger partial charge >= 0.3 is 5.97 Å². The van der Waals surface area contributed by atoms with Crippen molar-refractivity contribution in [2.45, 2.75) is 11.8 Å². The number of rotatable bonds is 7. The van der Waals surface area contributed by atoms with Crippen LogP contribution >= 0.6 is 0 Å². The van der Waals surface area contributed by atoms with Gasteiger partial charge in [-0.2, -0.15) is 0 Å². The van der Waals surface area contributed by atoms with E-state index in [1.165, 1.54) is 46.3 Å². The maximum Gasteiger partial charge on any atom is 0.338 e. The summed E-state index contributed by atoms with van der Waals surface area (Å²) in [6, 6.07) is 4.00. The molecule has 0 aliphatic carbocycles. The second-order valence-electron chi connectivity index (χ2n) is 4.77. The highest BCUT2D eigenvalue weighted by Gasteiger charge is 2.24. The first-order valence-electron chi connectivity index (χ1n) is 6.72. The highest BCUT2D eigenvalue weighted by atomic mass is 32.2. The number of nitrogens with one attached hydrogen (secondary N) is 1. The third-order valence-electron chi connectivity index (χ3n) is 2.87. The first-order chi connectivity index (χ1) is 10.7. The second kappa shape index (κ2) is 7.93. The van der Waals surface area contributed by atoms with E-state index in [0.717, 1.165) is 4.31 Å². The van der Waals surface area contributed by atoms with Crippen molar-refractivity contribution in [3.63, 3.8) is 0 Å². The first-order valence-corrected chi connectivity index (χ1v) is 8.16. The molecule has 1 N–H and O–H groups in total. The molecule has 0 aliphatic rings. The number of carbonyl (C=O) groups excluding carboxylic acids is 2. The van der Waals surface area contributed by atoms with Crippen molar-refractivity contribution in [3.05, 3.63) is 23.8 Å². The summed E-state index contributed by atoms with van der Waals surface area (Å²) in [6.45, 7) is 1.52. The Balaban J connectivity index is 2.98. The molecule has 8 nitrogen and oxygen atoms in total. The van der Waals surface area contributed by atoms with Crippen LogP contribution in [0.5, 0.6) is 5.75 Å². The van der Waals surface area contributed by atoms with E-state index in [4.69, 9.17) is 9.47 Å². The smallest absolute Gasteiger partial charge is 0.338 e. The number of carbonyl (C=O) groups is 2. The van der Waals surface area contributed by atoms with Gasteiger partial charge in [-0.15, -0.1) is 0 Å². The normalized spacial score (nSPS) is 11.2. The van der Waals surface area contributed by atoms with Gasteiger partial charge in [-0.3, -0.25) is 4.79 Å². The Morgan fingerprint density at radius 2 is 1.91 bits per heavy atom. The summed E-state index contributed by atoms with van der Waals surface area (Å²) in [5, 5.41) is 2.48. The molecule has 0 aromatic heterocycles. The minimum absolute atomic E-state index is 0.0137. The summed E-state index contributed by atoms with van der Waals surface area (Å²) in [4.78, 5) is 22.5. The van der Waals surface area contributed by atoms with E-state index in [1.54, 1.807) is 0 Å². The lowest BCUT2D eigenvalue weighted by Crippen LogP contribution is -2.25. The molecule has 0 bridgehead atoms. The van der Waals surface area contributed by atoms with Crippen LogP contribution in [-0.2, 0) is 19.6 Å². The summed E-state index contributed by atoms with van der Waals surface area (Å²) >= 11 is 0. The molecule has 0 atom stereocenters. The second-order valence-corrected chi connectivity index (χ2v) is 6.89. The Hall–Kier alpha value is -2.13. The van der Waals surface area contributed by atoms with Crippen LogP contribution in [0.2, 0.25) is 0 Å². The maximum atomic E-state index is 12.3. The number of hydrogen-bond acceptors (Lipinski definition) is 6. The van der Waals surface area contributed by atoms with Crippen LogP contribution in [0.3, 0.4) is 0 Å². The standard InChI is InChI=1S/C14H20N2O6S/c1-10(17)15-7-8-22-14(18)11-5-6-12(21-4)13(9-11)23(19,20)16(2)3/h5-6,9H,7-8H2,1-4H3,(H,15,17). The van der Waals surface area contributed by atoms with E-state index >= 15 is 0 Å². The lowest BCUT2D eigenvalue weighted by Gasteiger charge is -2.15. The van der Waals surface area contributed by atoms with Crippen molar-refractivity contribution in [1.29, 1.82) is 0 Å². The zero-order valence-corrected chi connectivity index (χ0v) is 14.3. The monoisotopic (exact) mass is 344 g/mol. The summed E-state index contributed by atoms with van der Waals surface area (Å²) in [7, 11) is 0.338. The summed E-state index contributed by atoms with van der Waals surface area (Å²) in [5.41, 5.74) is 0.0778. The van der Waals surface area contributed by atoms with Gasteiger partial charge in [0.1, 0.15) is 17.3 Å². The number of nitrogens with zero attached hydrogens (tertiary/aromatic N) is 1. The molecule has 0 radical (unpaired) electrons. The Bertz CT molecular complexity index is 685. The van der Waals surface area contributed by atoms with Crippen LogP contribution < -0.4 is 10.1 Å². The van der Waals surface area contributed by atoms with E-state index < -0.39 is 16.0 Å². The molecule has 0 unspecified atom stereocenters. The number of methoxy groups -OCH3 is 1. The topological polar surface area (TPSA) is 102 Å². The lowest BCUT2D eigenvalue weighted by molar-refractivity contribution is -0.119. The quantitative estimate of drug-likeness (QED) is 0.561. The Labute approximate surface area is 135 Å². The van der Waals surface area contributed by atoms with Crippen molar-refractivity contribution < 1.29 is 27.5 Å². The number of ether oxygens (including phenoxy) is 2. The van der Waals surface area contributed by atoms with Gasteiger partial charge in [0.05, 0.1) is 19.2 Å². The molecule has 128 valence electrons. The fraction of sp³-hybridized carbons (Fsp3) is 0.429. The number of hydrogen-bond donors (Lipinski definition) is 1. The van der Waals surface area contributed by atoms with Gasteiger partial charge in [-0.1, -0.05) is 0 Å². The average Bonchev–Trinajstić information content (AvgIpc) is 2.50. The van der Waals surface area contributed by atoms with Gasteiger partial charge in [0.15, 0.2) is 0 Å². The van der Waals surface area contributed by atoms with Gasteiger partial charge in [0, 0.05) is 21.0 Å².